The number of hydrogen-bond acceptors (Lipinski definition) is 3. The van der Waals surface area contributed by atoms with Crippen molar-refractivity contribution in [3.8, 4) is 0 Å². The average molecular weight is 305 g/mol. The maximum absolute atomic E-state index is 10.4. The zero-order valence-electron chi connectivity index (χ0n) is 14.0. The third kappa shape index (κ3) is 5.08. The molecule has 0 bridgehead atoms. The lowest BCUT2D eigenvalue weighted by Gasteiger charge is -2.26. The normalized spacial score (nSPS) is 27.2. The number of nitrogens with zero attached hydrogens (tertiary/aromatic N) is 1. The van der Waals surface area contributed by atoms with Crippen LogP contribution in [-0.4, -0.2) is 46.5 Å². The van der Waals surface area contributed by atoms with Gasteiger partial charge in [-0.15, -0.1) is 0 Å². The molecule has 1 aliphatic heterocycles. The second kappa shape index (κ2) is 8.66. The highest BCUT2D eigenvalue weighted by molar-refractivity contribution is 5.17. The average Bonchev–Trinajstić information content (AvgIpc) is 2.75. The molecular formula is C19H31NO2. The lowest BCUT2D eigenvalue weighted by Crippen LogP contribution is -2.37. The largest absolute Gasteiger partial charge is 0.393 e. The number of unbranched alkanes of at least 4 members (excludes halogenated alkanes) is 2. The minimum atomic E-state index is -0.215. The van der Waals surface area contributed by atoms with Crippen molar-refractivity contribution >= 4 is 0 Å². The van der Waals surface area contributed by atoms with Gasteiger partial charge in [0.2, 0.25) is 0 Å². The van der Waals surface area contributed by atoms with E-state index in [1.807, 2.05) is 13.0 Å². The summed E-state index contributed by atoms with van der Waals surface area (Å²) in [6, 6.07) is 11.2. The fraction of sp³-hybridized carbons (Fsp3) is 0.684. The number of likely N-dealkylation sites (N-methyl/N-ethyl adjacent to an activating group) is 1. The van der Waals surface area contributed by atoms with E-state index in [1.54, 1.807) is 0 Å². The third-order valence-corrected chi connectivity index (χ3v) is 5.00. The Morgan fingerprint density at radius 3 is 2.59 bits per heavy atom. The van der Waals surface area contributed by atoms with Crippen LogP contribution in [-0.2, 0) is 6.42 Å². The predicted octanol–water partition coefficient (Wildman–Crippen LogP) is 2.99. The molecule has 4 atom stereocenters. The molecule has 1 saturated heterocycles. The van der Waals surface area contributed by atoms with E-state index in [1.165, 1.54) is 18.4 Å². The molecule has 0 aromatic heterocycles. The van der Waals surface area contributed by atoms with Gasteiger partial charge in [0.05, 0.1) is 12.2 Å². The summed E-state index contributed by atoms with van der Waals surface area (Å²) in [6.07, 6.45) is 6.95. The fourth-order valence-corrected chi connectivity index (χ4v) is 3.60. The van der Waals surface area contributed by atoms with Crippen LogP contribution in [0.25, 0.3) is 0 Å². The summed E-state index contributed by atoms with van der Waals surface area (Å²) in [5.74, 6) is 0. The maximum Gasteiger partial charge on any atom is 0.0713 e. The first-order valence-corrected chi connectivity index (χ1v) is 8.70. The first-order chi connectivity index (χ1) is 10.6. The van der Waals surface area contributed by atoms with E-state index in [4.69, 9.17) is 0 Å². The summed E-state index contributed by atoms with van der Waals surface area (Å²) in [5, 5.41) is 19.7. The second-order valence-electron chi connectivity index (χ2n) is 6.87. The molecule has 1 aliphatic rings. The van der Waals surface area contributed by atoms with Crippen molar-refractivity contribution in [3.05, 3.63) is 35.9 Å². The van der Waals surface area contributed by atoms with Crippen molar-refractivity contribution in [2.45, 2.75) is 76.2 Å². The van der Waals surface area contributed by atoms with Gasteiger partial charge in [0.15, 0.2) is 0 Å². The maximum atomic E-state index is 10.4. The van der Waals surface area contributed by atoms with Crippen molar-refractivity contribution in [3.63, 3.8) is 0 Å². The summed E-state index contributed by atoms with van der Waals surface area (Å²) in [6.45, 7) is 1.86. The highest BCUT2D eigenvalue weighted by Gasteiger charge is 2.37. The molecule has 1 aromatic carbocycles. The summed E-state index contributed by atoms with van der Waals surface area (Å²) in [5.41, 5.74) is 1.30. The van der Waals surface area contributed by atoms with Gasteiger partial charge in [0, 0.05) is 12.1 Å². The Kier molecular flexibility index (Phi) is 6.87. The Balaban J connectivity index is 1.76. The zero-order valence-corrected chi connectivity index (χ0v) is 14.0. The standard InChI is InChI=1S/C19H31NO2/c1-15(21)9-5-3-8-12-17-14-19(22)18(20(17)2)13-16-10-6-4-7-11-16/h4,6-7,10-11,15,17-19,21-22H,3,5,8-9,12-14H2,1-2H3/t15?,17-,18+,19+/m1/s1. The van der Waals surface area contributed by atoms with Gasteiger partial charge in [-0.05, 0) is 45.2 Å². The Bertz CT molecular complexity index is 421. The van der Waals surface area contributed by atoms with Crippen molar-refractivity contribution in [1.82, 2.24) is 4.90 Å². The van der Waals surface area contributed by atoms with Crippen molar-refractivity contribution < 1.29 is 10.2 Å². The molecule has 22 heavy (non-hydrogen) atoms. The number of rotatable bonds is 8. The van der Waals surface area contributed by atoms with Crippen LogP contribution < -0.4 is 0 Å². The van der Waals surface area contributed by atoms with E-state index in [0.29, 0.717) is 6.04 Å². The van der Waals surface area contributed by atoms with Crippen molar-refractivity contribution in [1.29, 1.82) is 0 Å². The lowest BCUT2D eigenvalue weighted by molar-refractivity contribution is 0.123. The monoisotopic (exact) mass is 305 g/mol. The van der Waals surface area contributed by atoms with Crippen LogP contribution >= 0.6 is 0 Å². The zero-order chi connectivity index (χ0) is 15.9. The van der Waals surface area contributed by atoms with Crippen LogP contribution in [0.5, 0.6) is 0 Å². The minimum Gasteiger partial charge on any atom is -0.393 e. The van der Waals surface area contributed by atoms with E-state index >= 15 is 0 Å². The summed E-state index contributed by atoms with van der Waals surface area (Å²) in [7, 11) is 2.16. The number of aliphatic hydroxyl groups excluding tert-OH is 2. The number of aliphatic hydroxyl groups is 2. The number of benzene rings is 1. The predicted molar refractivity (Wildman–Crippen MR) is 90.9 cm³/mol. The molecule has 3 nitrogen and oxygen atoms in total. The molecule has 1 aromatic rings. The van der Waals surface area contributed by atoms with Crippen molar-refractivity contribution in [2.75, 3.05) is 7.05 Å². The van der Waals surface area contributed by atoms with E-state index < -0.39 is 0 Å². The molecule has 3 heteroatoms. The minimum absolute atomic E-state index is 0.175. The summed E-state index contributed by atoms with van der Waals surface area (Å²) >= 11 is 0. The molecule has 0 saturated carbocycles. The Hall–Kier alpha value is -0.900. The van der Waals surface area contributed by atoms with Gasteiger partial charge in [0.1, 0.15) is 0 Å². The van der Waals surface area contributed by atoms with E-state index in [9.17, 15) is 10.2 Å². The smallest absolute Gasteiger partial charge is 0.0713 e. The van der Waals surface area contributed by atoms with Crippen LogP contribution in [0.15, 0.2) is 30.3 Å². The van der Waals surface area contributed by atoms with E-state index in [0.717, 1.165) is 32.1 Å². The molecule has 1 unspecified atom stereocenters. The molecule has 2 N–H and O–H groups in total. The molecule has 0 spiro atoms. The highest BCUT2D eigenvalue weighted by Crippen LogP contribution is 2.29. The molecule has 124 valence electrons. The molecule has 0 amide bonds. The fourth-order valence-electron chi connectivity index (χ4n) is 3.60. The van der Waals surface area contributed by atoms with Crippen LogP contribution in [0.1, 0.15) is 51.0 Å². The number of likely N-dealkylation sites (tertiary alicyclic amines) is 1. The van der Waals surface area contributed by atoms with Gasteiger partial charge in [0.25, 0.3) is 0 Å². The summed E-state index contributed by atoms with van der Waals surface area (Å²) in [4.78, 5) is 2.38. The molecule has 2 rings (SSSR count). The van der Waals surface area contributed by atoms with Gasteiger partial charge in [-0.2, -0.15) is 0 Å². The third-order valence-electron chi connectivity index (χ3n) is 5.00. The topological polar surface area (TPSA) is 43.7 Å². The van der Waals surface area contributed by atoms with Crippen LogP contribution in [0.2, 0.25) is 0 Å². The molecule has 0 radical (unpaired) electrons. The second-order valence-corrected chi connectivity index (χ2v) is 6.87. The van der Waals surface area contributed by atoms with E-state index in [2.05, 4.69) is 36.2 Å². The SMILES string of the molecule is CC(O)CCCCC[C@@H]1C[C@H](O)[C@H](Cc2ccccc2)N1C. The molecule has 1 fully saturated rings. The van der Waals surface area contributed by atoms with Crippen LogP contribution in [0.4, 0.5) is 0 Å². The Labute approximate surface area is 135 Å². The molecular weight excluding hydrogens is 274 g/mol. The van der Waals surface area contributed by atoms with Crippen LogP contribution in [0, 0.1) is 0 Å². The molecule has 0 aliphatic carbocycles. The van der Waals surface area contributed by atoms with Gasteiger partial charge in [-0.1, -0.05) is 49.6 Å². The van der Waals surface area contributed by atoms with Gasteiger partial charge in [-0.25, -0.2) is 0 Å². The highest BCUT2D eigenvalue weighted by atomic mass is 16.3. The van der Waals surface area contributed by atoms with Gasteiger partial charge >= 0.3 is 0 Å². The van der Waals surface area contributed by atoms with Crippen LogP contribution in [0.3, 0.4) is 0 Å². The quantitative estimate of drug-likeness (QED) is 0.726. The Morgan fingerprint density at radius 2 is 1.91 bits per heavy atom. The Morgan fingerprint density at radius 1 is 1.18 bits per heavy atom. The lowest BCUT2D eigenvalue weighted by atomic mass is 10.0. The first-order valence-electron chi connectivity index (χ1n) is 8.70. The molecule has 1 heterocycles. The number of hydrogen-bond donors (Lipinski definition) is 2. The summed E-state index contributed by atoms with van der Waals surface area (Å²) < 4.78 is 0. The van der Waals surface area contributed by atoms with Gasteiger partial charge in [-0.3, -0.25) is 4.90 Å². The van der Waals surface area contributed by atoms with Crippen molar-refractivity contribution in [2.24, 2.45) is 0 Å². The van der Waals surface area contributed by atoms with E-state index in [-0.39, 0.29) is 18.2 Å². The first kappa shape index (κ1) is 17.5. The van der Waals surface area contributed by atoms with Gasteiger partial charge < -0.3 is 10.2 Å².